The molecule has 0 rings (SSSR count). The van der Waals surface area contributed by atoms with Crippen molar-refractivity contribution in [1.29, 1.82) is 0 Å². The predicted octanol–water partition coefficient (Wildman–Crippen LogP) is 9.66. The van der Waals surface area contributed by atoms with Crippen LogP contribution in [0.1, 0.15) is 174 Å². The lowest BCUT2D eigenvalue weighted by molar-refractivity contribution is -0.141. The number of aliphatic hydroxyl groups excluding tert-OH is 1. The molecule has 0 aromatic heterocycles. The molecule has 2 N–H and O–H groups in total. The minimum Gasteiger partial charge on any atom is -0.466 e. The van der Waals surface area contributed by atoms with Gasteiger partial charge in [-0.15, -0.1) is 0 Å². The molecule has 0 saturated heterocycles. The Hall–Kier alpha value is -1.01. The number of amides is 1. The van der Waals surface area contributed by atoms with Crippen LogP contribution in [0.2, 0.25) is 0 Å². The molecule has 6 heteroatoms. The zero-order valence-corrected chi connectivity index (χ0v) is 27.8. The lowest BCUT2D eigenvalue weighted by atomic mass is 10.0. The van der Waals surface area contributed by atoms with Crippen LogP contribution in [-0.4, -0.2) is 42.0 Å². The van der Waals surface area contributed by atoms with Crippen molar-refractivity contribution in [2.75, 3.05) is 19.0 Å². The first kappa shape index (κ1) is 40.0. The van der Waals surface area contributed by atoms with Gasteiger partial charge in [0.25, 0.3) is 0 Å². The van der Waals surface area contributed by atoms with Crippen molar-refractivity contribution < 1.29 is 19.4 Å². The van der Waals surface area contributed by atoms with Gasteiger partial charge in [-0.3, -0.25) is 9.59 Å². The molecule has 0 fully saturated rings. The molecule has 0 saturated carbocycles. The van der Waals surface area contributed by atoms with Crippen LogP contribution in [0.15, 0.2) is 12.2 Å². The summed E-state index contributed by atoms with van der Waals surface area (Å²) in [5, 5.41) is 12.6. The van der Waals surface area contributed by atoms with Crippen molar-refractivity contribution in [3.05, 3.63) is 12.2 Å². The first-order chi connectivity index (χ1) is 20.1. The molecular weight excluding hydrogens is 530 g/mol. The summed E-state index contributed by atoms with van der Waals surface area (Å²) in [5.74, 6) is 0.923. The molecule has 242 valence electrons. The van der Waals surface area contributed by atoms with Crippen molar-refractivity contribution in [2.45, 2.75) is 180 Å². The molecule has 0 spiro atoms. The third-order valence-corrected chi connectivity index (χ3v) is 8.12. The second-order valence-corrected chi connectivity index (χ2v) is 12.3. The van der Waals surface area contributed by atoms with Crippen LogP contribution in [-0.2, 0) is 14.3 Å². The fourth-order valence-corrected chi connectivity index (χ4v) is 5.42. The van der Waals surface area contributed by atoms with E-state index in [1.165, 1.54) is 129 Å². The Morgan fingerprint density at radius 1 is 0.659 bits per heavy atom. The zero-order chi connectivity index (χ0) is 30.1. The number of ether oxygens (including phenoxy) is 1. The summed E-state index contributed by atoms with van der Waals surface area (Å²) in [6.45, 7) is 2.03. The zero-order valence-electron chi connectivity index (χ0n) is 26.9. The van der Waals surface area contributed by atoms with Gasteiger partial charge in [-0.25, -0.2) is 0 Å². The number of allylic oxidation sites excluding steroid dienone is 1. The maximum atomic E-state index is 12.3. The summed E-state index contributed by atoms with van der Waals surface area (Å²) in [6.07, 6.45) is 35.8. The summed E-state index contributed by atoms with van der Waals surface area (Å²) in [6, 6.07) is -0.160. The Morgan fingerprint density at radius 3 is 1.56 bits per heavy atom. The van der Waals surface area contributed by atoms with Crippen LogP contribution in [0.4, 0.5) is 0 Å². The minimum absolute atomic E-state index is 0.000799. The van der Waals surface area contributed by atoms with Gasteiger partial charge >= 0.3 is 5.97 Å². The smallest absolute Gasteiger partial charge is 0.302 e. The van der Waals surface area contributed by atoms with Crippen LogP contribution >= 0.6 is 12.6 Å². The molecule has 0 radical (unpaired) electrons. The molecule has 1 atom stereocenters. The Labute approximate surface area is 259 Å². The molecule has 0 aromatic carbocycles. The third kappa shape index (κ3) is 33.4. The van der Waals surface area contributed by atoms with E-state index in [4.69, 9.17) is 4.74 Å². The van der Waals surface area contributed by atoms with Gasteiger partial charge in [-0.1, -0.05) is 134 Å². The molecule has 0 aliphatic carbocycles. The minimum atomic E-state index is -0.177. The number of aliphatic hydroxyl groups is 1. The van der Waals surface area contributed by atoms with E-state index in [-0.39, 0.29) is 24.5 Å². The highest BCUT2D eigenvalue weighted by molar-refractivity contribution is 7.80. The Balaban J connectivity index is 3.46. The summed E-state index contributed by atoms with van der Waals surface area (Å²) < 4.78 is 4.95. The van der Waals surface area contributed by atoms with E-state index in [1.54, 1.807) is 0 Å². The summed E-state index contributed by atoms with van der Waals surface area (Å²) in [7, 11) is 0. The highest BCUT2D eigenvalue weighted by Crippen LogP contribution is 2.14. The first-order valence-corrected chi connectivity index (χ1v) is 18.0. The van der Waals surface area contributed by atoms with E-state index in [1.807, 2.05) is 0 Å². The molecule has 0 aromatic rings. The summed E-state index contributed by atoms with van der Waals surface area (Å²) in [5.41, 5.74) is 0. The number of nitrogens with one attached hydrogen (secondary N) is 1. The number of esters is 1. The Kier molecular flexibility index (Phi) is 32.7. The number of hydrogen-bond donors (Lipinski definition) is 3. The SMILES string of the molecule is CC(=O)OCCCCCCCCCCCCCCCC(=O)NC(CO)C/C=C/CCCCCCCCCCCCS. The summed E-state index contributed by atoms with van der Waals surface area (Å²) in [4.78, 5) is 23.0. The van der Waals surface area contributed by atoms with Gasteiger partial charge in [0, 0.05) is 13.3 Å². The molecule has 1 unspecified atom stereocenters. The number of thiol groups is 1. The molecule has 0 aliphatic rings. The number of unbranched alkanes of at least 4 members (excludes halogenated alkanes) is 22. The first-order valence-electron chi connectivity index (χ1n) is 17.4. The maximum Gasteiger partial charge on any atom is 0.302 e. The van der Waals surface area contributed by atoms with Crippen molar-refractivity contribution >= 4 is 24.5 Å². The highest BCUT2D eigenvalue weighted by atomic mass is 32.1. The predicted molar refractivity (Wildman–Crippen MR) is 179 cm³/mol. The molecule has 0 heterocycles. The van der Waals surface area contributed by atoms with Gasteiger partial charge in [-0.05, 0) is 44.3 Å². The highest BCUT2D eigenvalue weighted by Gasteiger charge is 2.09. The van der Waals surface area contributed by atoms with Crippen LogP contribution in [0, 0.1) is 0 Å². The van der Waals surface area contributed by atoms with Crippen molar-refractivity contribution in [3.8, 4) is 0 Å². The van der Waals surface area contributed by atoms with Crippen LogP contribution in [0.3, 0.4) is 0 Å². The molecule has 1 amide bonds. The van der Waals surface area contributed by atoms with Gasteiger partial charge in [0.2, 0.25) is 5.91 Å². The lowest BCUT2D eigenvalue weighted by Gasteiger charge is -2.14. The van der Waals surface area contributed by atoms with E-state index in [0.29, 0.717) is 19.4 Å². The second kappa shape index (κ2) is 33.5. The molecule has 5 nitrogen and oxygen atoms in total. The standard InChI is InChI=1S/C35H67NO4S/c1-33(38)40-30-26-22-18-14-10-6-2-5-9-13-17-21-25-29-35(39)36-34(32-37)28-24-20-16-12-8-4-3-7-11-15-19-23-27-31-41/h20,24,34,37,41H,2-19,21-23,25-32H2,1H3,(H,36,39)/b24-20+. The van der Waals surface area contributed by atoms with Crippen molar-refractivity contribution in [3.63, 3.8) is 0 Å². The monoisotopic (exact) mass is 597 g/mol. The quantitative estimate of drug-likeness (QED) is 0.0312. The van der Waals surface area contributed by atoms with Gasteiger partial charge in [0.1, 0.15) is 0 Å². The number of carbonyl (C=O) groups is 2. The van der Waals surface area contributed by atoms with E-state index in [0.717, 1.165) is 37.9 Å². The molecule has 41 heavy (non-hydrogen) atoms. The van der Waals surface area contributed by atoms with Gasteiger partial charge in [0.15, 0.2) is 0 Å². The lowest BCUT2D eigenvalue weighted by Crippen LogP contribution is -2.36. The van der Waals surface area contributed by atoms with Crippen LogP contribution in [0.25, 0.3) is 0 Å². The topological polar surface area (TPSA) is 75.6 Å². The number of rotatable bonds is 32. The second-order valence-electron chi connectivity index (χ2n) is 11.9. The number of hydrogen-bond acceptors (Lipinski definition) is 5. The van der Waals surface area contributed by atoms with Crippen LogP contribution in [0.5, 0.6) is 0 Å². The Bertz CT molecular complexity index is 599. The van der Waals surface area contributed by atoms with E-state index in [9.17, 15) is 14.7 Å². The van der Waals surface area contributed by atoms with E-state index >= 15 is 0 Å². The number of carbonyl (C=O) groups excluding carboxylic acids is 2. The molecule has 0 bridgehead atoms. The third-order valence-electron chi connectivity index (χ3n) is 7.81. The molecular formula is C35H67NO4S. The average Bonchev–Trinajstić information content (AvgIpc) is 2.96. The summed E-state index contributed by atoms with van der Waals surface area (Å²) >= 11 is 4.26. The van der Waals surface area contributed by atoms with Crippen LogP contribution < -0.4 is 5.32 Å². The van der Waals surface area contributed by atoms with Gasteiger partial charge in [0.05, 0.1) is 19.3 Å². The fraction of sp³-hybridized carbons (Fsp3) is 0.886. The normalized spacial score (nSPS) is 12.2. The van der Waals surface area contributed by atoms with Crippen molar-refractivity contribution in [2.24, 2.45) is 0 Å². The van der Waals surface area contributed by atoms with Crippen molar-refractivity contribution in [1.82, 2.24) is 5.32 Å². The molecule has 0 aliphatic heterocycles. The largest absolute Gasteiger partial charge is 0.466 e. The average molecular weight is 598 g/mol. The maximum absolute atomic E-state index is 12.3. The van der Waals surface area contributed by atoms with E-state index in [2.05, 4.69) is 30.1 Å². The fourth-order valence-electron chi connectivity index (χ4n) is 5.19. The van der Waals surface area contributed by atoms with Gasteiger partial charge < -0.3 is 15.2 Å². The van der Waals surface area contributed by atoms with E-state index < -0.39 is 0 Å². The Morgan fingerprint density at radius 2 is 1.10 bits per heavy atom. The van der Waals surface area contributed by atoms with Gasteiger partial charge in [-0.2, -0.15) is 12.6 Å².